The lowest BCUT2D eigenvalue weighted by molar-refractivity contribution is -0.131. The third-order valence-corrected chi connectivity index (χ3v) is 3.02. The summed E-state index contributed by atoms with van der Waals surface area (Å²) in [5.74, 6) is -1.39. The number of carbonyl (C=O) groups excluding carboxylic acids is 1. The molecule has 0 aliphatic rings. The molecule has 1 aromatic carbocycles. The van der Waals surface area contributed by atoms with Crippen molar-refractivity contribution >= 4 is 34.3 Å². The highest BCUT2D eigenvalue weighted by atomic mass is 127. The first kappa shape index (κ1) is 12.9. The summed E-state index contributed by atoms with van der Waals surface area (Å²) in [4.78, 5) is 22.0. The van der Waals surface area contributed by atoms with E-state index in [4.69, 9.17) is 5.11 Å². The van der Waals surface area contributed by atoms with Gasteiger partial charge in [0.15, 0.2) is 5.78 Å². The van der Waals surface area contributed by atoms with Crippen molar-refractivity contribution in [2.75, 3.05) is 0 Å². The van der Waals surface area contributed by atoms with Crippen LogP contribution in [0.5, 0.6) is 0 Å². The molecule has 0 spiro atoms. The van der Waals surface area contributed by atoms with E-state index in [9.17, 15) is 9.59 Å². The maximum absolute atomic E-state index is 11.7. The molecular formula is C12H11IO3. The number of hydrogen-bond acceptors (Lipinski definition) is 2. The number of halogens is 1. The lowest BCUT2D eigenvalue weighted by atomic mass is 10.1. The zero-order chi connectivity index (χ0) is 12.1. The molecule has 0 saturated carbocycles. The third kappa shape index (κ3) is 3.44. The summed E-state index contributed by atoms with van der Waals surface area (Å²) in [6, 6.07) is 5.62. The first-order valence-electron chi connectivity index (χ1n) is 4.78. The molecule has 0 amide bonds. The smallest absolute Gasteiger partial charge is 0.328 e. The van der Waals surface area contributed by atoms with Crippen LogP contribution in [0.25, 0.3) is 0 Å². The van der Waals surface area contributed by atoms with Gasteiger partial charge in [0, 0.05) is 15.2 Å². The molecule has 0 unspecified atom stereocenters. The van der Waals surface area contributed by atoms with Crippen LogP contribution in [0, 0.1) is 3.57 Å². The fourth-order valence-corrected chi connectivity index (χ4v) is 1.82. The maximum atomic E-state index is 11.7. The van der Waals surface area contributed by atoms with Crippen molar-refractivity contribution in [2.24, 2.45) is 0 Å². The van der Waals surface area contributed by atoms with Crippen molar-refractivity contribution in [3.63, 3.8) is 0 Å². The van der Waals surface area contributed by atoms with E-state index in [0.717, 1.165) is 27.7 Å². The van der Waals surface area contributed by atoms with Gasteiger partial charge >= 0.3 is 5.97 Å². The van der Waals surface area contributed by atoms with Crippen LogP contribution in [0.3, 0.4) is 0 Å². The van der Waals surface area contributed by atoms with Crippen LogP contribution in [0.1, 0.15) is 22.8 Å². The molecule has 16 heavy (non-hydrogen) atoms. The van der Waals surface area contributed by atoms with Gasteiger partial charge in [-0.15, -0.1) is 0 Å². The second kappa shape index (κ2) is 5.79. The molecule has 84 valence electrons. The summed E-state index contributed by atoms with van der Waals surface area (Å²) in [6.45, 7) is 2.00. The van der Waals surface area contributed by atoms with E-state index in [0.29, 0.717) is 5.56 Å². The molecule has 3 nitrogen and oxygen atoms in total. The SMILES string of the molecule is CCc1ccc(I)c(C(=O)/C=C/C(=O)O)c1. The summed E-state index contributed by atoms with van der Waals surface area (Å²) in [6.07, 6.45) is 2.79. The van der Waals surface area contributed by atoms with E-state index in [1.165, 1.54) is 0 Å². The lowest BCUT2D eigenvalue weighted by Crippen LogP contribution is -2.00. The zero-order valence-electron chi connectivity index (χ0n) is 8.74. The van der Waals surface area contributed by atoms with Gasteiger partial charge in [-0.2, -0.15) is 0 Å². The van der Waals surface area contributed by atoms with E-state index >= 15 is 0 Å². The Morgan fingerprint density at radius 1 is 1.38 bits per heavy atom. The molecule has 0 aliphatic carbocycles. The number of carboxylic acids is 1. The number of benzene rings is 1. The summed E-state index contributed by atoms with van der Waals surface area (Å²) < 4.78 is 0.829. The number of carboxylic acid groups (broad SMARTS) is 1. The fraction of sp³-hybridized carbons (Fsp3) is 0.167. The van der Waals surface area contributed by atoms with Gasteiger partial charge in [-0.1, -0.05) is 13.0 Å². The largest absolute Gasteiger partial charge is 0.478 e. The normalized spacial score (nSPS) is 10.6. The molecule has 0 aliphatic heterocycles. The highest BCUT2D eigenvalue weighted by molar-refractivity contribution is 14.1. The van der Waals surface area contributed by atoms with Crippen molar-refractivity contribution in [3.8, 4) is 0 Å². The molecule has 4 heteroatoms. The van der Waals surface area contributed by atoms with Crippen LogP contribution < -0.4 is 0 Å². The van der Waals surface area contributed by atoms with Crippen LogP contribution in [-0.4, -0.2) is 16.9 Å². The van der Waals surface area contributed by atoms with Gasteiger partial charge in [0.2, 0.25) is 0 Å². The predicted molar refractivity (Wildman–Crippen MR) is 69.6 cm³/mol. The Morgan fingerprint density at radius 3 is 2.62 bits per heavy atom. The Labute approximate surface area is 107 Å². The van der Waals surface area contributed by atoms with E-state index in [1.54, 1.807) is 6.07 Å². The molecule has 0 fully saturated rings. The Bertz CT molecular complexity index is 450. The third-order valence-electron chi connectivity index (χ3n) is 2.08. The molecule has 0 radical (unpaired) electrons. The van der Waals surface area contributed by atoms with E-state index in [2.05, 4.69) is 22.6 Å². The molecule has 1 aromatic rings. The summed E-state index contributed by atoms with van der Waals surface area (Å²) in [7, 11) is 0. The van der Waals surface area contributed by atoms with Gasteiger partial charge in [-0.25, -0.2) is 4.79 Å². The summed E-state index contributed by atoms with van der Waals surface area (Å²) in [5, 5.41) is 8.44. The van der Waals surface area contributed by atoms with Crippen LogP contribution in [0.15, 0.2) is 30.4 Å². The lowest BCUT2D eigenvalue weighted by Gasteiger charge is -2.03. The van der Waals surface area contributed by atoms with Crippen molar-refractivity contribution in [1.82, 2.24) is 0 Å². The standard InChI is InChI=1S/C12H11IO3/c1-2-8-3-4-10(13)9(7-8)11(14)5-6-12(15)16/h3-7H,2H2,1H3,(H,15,16)/b6-5+. The highest BCUT2D eigenvalue weighted by Crippen LogP contribution is 2.16. The second-order valence-corrected chi connectivity index (χ2v) is 4.37. The Kier molecular flexibility index (Phi) is 4.67. The van der Waals surface area contributed by atoms with E-state index in [-0.39, 0.29) is 5.78 Å². The quantitative estimate of drug-likeness (QED) is 0.525. The molecule has 0 bridgehead atoms. The highest BCUT2D eigenvalue weighted by Gasteiger charge is 2.08. The number of aryl methyl sites for hydroxylation is 1. The number of allylic oxidation sites excluding steroid dienone is 1. The number of aliphatic carboxylic acids is 1. The van der Waals surface area contributed by atoms with E-state index < -0.39 is 5.97 Å². The first-order valence-corrected chi connectivity index (χ1v) is 5.86. The topological polar surface area (TPSA) is 54.4 Å². The molecule has 0 heterocycles. The Balaban J connectivity index is 3.02. The van der Waals surface area contributed by atoms with Crippen molar-refractivity contribution < 1.29 is 14.7 Å². The maximum Gasteiger partial charge on any atom is 0.328 e. The monoisotopic (exact) mass is 330 g/mol. The minimum absolute atomic E-state index is 0.276. The van der Waals surface area contributed by atoms with Gasteiger partial charge in [0.25, 0.3) is 0 Å². The molecule has 1 rings (SSSR count). The predicted octanol–water partition coefficient (Wildman–Crippen LogP) is 2.68. The molecule has 0 aromatic heterocycles. The van der Waals surface area contributed by atoms with E-state index in [1.807, 2.05) is 19.1 Å². The fourth-order valence-electron chi connectivity index (χ4n) is 1.22. The summed E-state index contributed by atoms with van der Waals surface area (Å²) >= 11 is 2.06. The molecule has 1 N–H and O–H groups in total. The van der Waals surface area contributed by atoms with Crippen LogP contribution in [-0.2, 0) is 11.2 Å². The number of rotatable bonds is 4. The number of ketones is 1. The number of hydrogen-bond donors (Lipinski definition) is 1. The number of carbonyl (C=O) groups is 2. The molecule has 0 saturated heterocycles. The van der Waals surface area contributed by atoms with Crippen LogP contribution in [0.2, 0.25) is 0 Å². The van der Waals surface area contributed by atoms with Crippen molar-refractivity contribution in [1.29, 1.82) is 0 Å². The van der Waals surface area contributed by atoms with Crippen molar-refractivity contribution in [3.05, 3.63) is 45.0 Å². The van der Waals surface area contributed by atoms with Crippen molar-refractivity contribution in [2.45, 2.75) is 13.3 Å². The first-order chi connectivity index (χ1) is 7.54. The van der Waals surface area contributed by atoms with Gasteiger partial charge in [0.05, 0.1) is 0 Å². The van der Waals surface area contributed by atoms with Crippen LogP contribution in [0.4, 0.5) is 0 Å². The molecule has 0 atom stereocenters. The van der Waals surface area contributed by atoms with Gasteiger partial charge in [-0.3, -0.25) is 4.79 Å². The van der Waals surface area contributed by atoms with Gasteiger partial charge < -0.3 is 5.11 Å². The van der Waals surface area contributed by atoms with Gasteiger partial charge in [0.1, 0.15) is 0 Å². The van der Waals surface area contributed by atoms with Crippen LogP contribution >= 0.6 is 22.6 Å². The molecular weight excluding hydrogens is 319 g/mol. The Morgan fingerprint density at radius 2 is 2.06 bits per heavy atom. The zero-order valence-corrected chi connectivity index (χ0v) is 10.9. The average Bonchev–Trinajstić information content (AvgIpc) is 2.26. The minimum Gasteiger partial charge on any atom is -0.478 e. The Hall–Kier alpha value is -1.17. The minimum atomic E-state index is -1.12. The summed E-state index contributed by atoms with van der Waals surface area (Å²) in [5.41, 5.74) is 1.62. The average molecular weight is 330 g/mol. The second-order valence-electron chi connectivity index (χ2n) is 3.20. The van der Waals surface area contributed by atoms with Gasteiger partial charge in [-0.05, 0) is 52.8 Å².